The van der Waals surface area contributed by atoms with Crippen molar-refractivity contribution >= 4 is 32.6 Å². The van der Waals surface area contributed by atoms with E-state index in [4.69, 9.17) is 0 Å². The molecule has 1 N–H and O–H groups in total. The summed E-state index contributed by atoms with van der Waals surface area (Å²) in [4.78, 5) is 19.0. The van der Waals surface area contributed by atoms with Crippen LogP contribution in [0.1, 0.15) is 13.3 Å². The van der Waals surface area contributed by atoms with Gasteiger partial charge in [-0.1, -0.05) is 17.4 Å². The molecule has 0 spiro atoms. The fraction of sp³-hybridized carbons (Fsp3) is 0.429. The van der Waals surface area contributed by atoms with Gasteiger partial charge in [-0.2, -0.15) is 0 Å². The zero-order chi connectivity index (χ0) is 14.7. The van der Waals surface area contributed by atoms with Crippen molar-refractivity contribution in [3.8, 4) is 0 Å². The number of quaternary nitrogens is 1. The first-order valence-electron chi connectivity index (χ1n) is 6.61. The van der Waals surface area contributed by atoms with Crippen molar-refractivity contribution in [3.05, 3.63) is 24.0 Å². The molecule has 108 valence electrons. The number of aromatic nitrogens is 1. The van der Waals surface area contributed by atoms with Crippen LogP contribution in [0.15, 0.2) is 18.2 Å². The number of thiazole rings is 1. The maximum Gasteiger partial charge on any atom is 0.225 e. The Morgan fingerprint density at radius 1 is 1.45 bits per heavy atom. The third kappa shape index (κ3) is 3.32. The molecule has 20 heavy (non-hydrogen) atoms. The number of halogens is 1. The van der Waals surface area contributed by atoms with E-state index in [0.29, 0.717) is 17.2 Å². The highest BCUT2D eigenvalue weighted by Crippen LogP contribution is 2.30. The van der Waals surface area contributed by atoms with Gasteiger partial charge in [-0.05, 0) is 12.1 Å². The van der Waals surface area contributed by atoms with Crippen molar-refractivity contribution in [1.29, 1.82) is 0 Å². The Hall–Kier alpha value is -1.53. The average molecular weight is 296 g/mol. The number of fused-ring (bicyclic) bond motifs is 1. The number of benzene rings is 1. The molecular formula is C14H19FN3OS+. The summed E-state index contributed by atoms with van der Waals surface area (Å²) in [5.41, 5.74) is 0.344. The number of para-hydroxylation sites is 1. The van der Waals surface area contributed by atoms with Gasteiger partial charge in [0.25, 0.3) is 0 Å². The van der Waals surface area contributed by atoms with Crippen LogP contribution < -0.4 is 9.80 Å². The van der Waals surface area contributed by atoms with Gasteiger partial charge in [-0.25, -0.2) is 9.37 Å². The molecule has 2 aromatic rings. The molecule has 0 radical (unpaired) electrons. The monoisotopic (exact) mass is 296 g/mol. The molecule has 0 aliphatic carbocycles. The molecule has 0 saturated heterocycles. The number of nitrogens with zero attached hydrogens (tertiary/aromatic N) is 2. The number of carbonyl (C=O) groups excluding carboxylic acids is 1. The van der Waals surface area contributed by atoms with Crippen LogP contribution in [0.4, 0.5) is 9.52 Å². The van der Waals surface area contributed by atoms with E-state index < -0.39 is 0 Å². The molecule has 0 atom stereocenters. The summed E-state index contributed by atoms with van der Waals surface area (Å²) in [6.07, 6.45) is 0.889. The minimum atomic E-state index is -0.341. The first-order valence-corrected chi connectivity index (χ1v) is 7.43. The lowest BCUT2D eigenvalue weighted by molar-refractivity contribution is -0.858. The van der Waals surface area contributed by atoms with Crippen LogP contribution in [0.25, 0.3) is 10.2 Å². The van der Waals surface area contributed by atoms with E-state index in [2.05, 4.69) is 19.1 Å². The summed E-state index contributed by atoms with van der Waals surface area (Å²) in [6, 6.07) is 4.87. The Bertz CT molecular complexity index is 611. The van der Waals surface area contributed by atoms with E-state index in [9.17, 15) is 9.18 Å². The first kappa shape index (κ1) is 14.9. The molecule has 2 rings (SSSR count). The van der Waals surface area contributed by atoms with Gasteiger partial charge in [0.15, 0.2) is 5.13 Å². The fourth-order valence-electron chi connectivity index (χ4n) is 2.00. The number of carbonyl (C=O) groups is 1. The number of hydrogen-bond acceptors (Lipinski definition) is 3. The Morgan fingerprint density at radius 2 is 2.20 bits per heavy atom. The summed E-state index contributed by atoms with van der Waals surface area (Å²) >= 11 is 1.35. The normalized spacial score (nSPS) is 11.2. The fourth-order valence-corrected chi connectivity index (χ4v) is 3.05. The van der Waals surface area contributed by atoms with Crippen molar-refractivity contribution < 1.29 is 14.1 Å². The lowest BCUT2D eigenvalue weighted by Gasteiger charge is -2.18. The molecule has 0 aliphatic heterocycles. The van der Waals surface area contributed by atoms with E-state index in [1.807, 2.05) is 6.07 Å². The second kappa shape index (κ2) is 6.28. The molecule has 0 fully saturated rings. The van der Waals surface area contributed by atoms with Crippen LogP contribution in [-0.2, 0) is 4.79 Å². The number of hydrogen-bond donors (Lipinski definition) is 1. The number of rotatable bonds is 5. The zero-order valence-corrected chi connectivity index (χ0v) is 12.8. The van der Waals surface area contributed by atoms with Crippen molar-refractivity contribution in [1.82, 2.24) is 4.98 Å². The van der Waals surface area contributed by atoms with Crippen LogP contribution in [0, 0.1) is 5.82 Å². The molecular weight excluding hydrogens is 277 g/mol. The van der Waals surface area contributed by atoms with Gasteiger partial charge in [-0.3, -0.25) is 9.69 Å². The van der Waals surface area contributed by atoms with Gasteiger partial charge in [0.1, 0.15) is 11.3 Å². The van der Waals surface area contributed by atoms with Gasteiger partial charge in [0, 0.05) is 19.9 Å². The smallest absolute Gasteiger partial charge is 0.225 e. The van der Waals surface area contributed by atoms with Crippen molar-refractivity contribution in [2.24, 2.45) is 0 Å². The minimum absolute atomic E-state index is 0.0572. The zero-order valence-electron chi connectivity index (χ0n) is 11.9. The second-order valence-corrected chi connectivity index (χ2v) is 6.07. The summed E-state index contributed by atoms with van der Waals surface area (Å²) in [5, 5.41) is 0.575. The van der Waals surface area contributed by atoms with Crippen LogP contribution in [0.3, 0.4) is 0 Å². The lowest BCUT2D eigenvalue weighted by Crippen LogP contribution is -3.05. The summed E-state index contributed by atoms with van der Waals surface area (Å²) in [5.74, 6) is -0.399. The predicted molar refractivity (Wildman–Crippen MR) is 79.9 cm³/mol. The quantitative estimate of drug-likeness (QED) is 0.904. The Morgan fingerprint density at radius 3 is 2.80 bits per heavy atom. The third-order valence-corrected chi connectivity index (χ3v) is 4.07. The van der Waals surface area contributed by atoms with E-state index >= 15 is 0 Å². The van der Waals surface area contributed by atoms with Gasteiger partial charge < -0.3 is 4.90 Å². The highest BCUT2D eigenvalue weighted by molar-refractivity contribution is 7.22. The standard InChI is InChI=1S/C14H18FN3OS/c1-10(19)18(9-5-8-17(2)3)14-16-13-11(15)6-4-7-12(13)20-14/h4,6-7H,5,8-9H2,1-3H3/p+1. The molecule has 0 aliphatic rings. The van der Waals surface area contributed by atoms with Crippen molar-refractivity contribution in [2.75, 3.05) is 32.1 Å². The first-order chi connectivity index (χ1) is 9.49. The third-order valence-electron chi connectivity index (χ3n) is 3.03. The highest BCUT2D eigenvalue weighted by atomic mass is 32.1. The molecule has 1 amide bonds. The highest BCUT2D eigenvalue weighted by Gasteiger charge is 2.17. The van der Waals surface area contributed by atoms with Crippen LogP contribution >= 0.6 is 11.3 Å². The Labute approximate surface area is 121 Å². The van der Waals surface area contributed by atoms with E-state index in [1.165, 1.54) is 29.2 Å². The molecule has 4 nitrogen and oxygen atoms in total. The van der Waals surface area contributed by atoms with Gasteiger partial charge in [-0.15, -0.1) is 0 Å². The summed E-state index contributed by atoms with van der Waals surface area (Å²) in [6.45, 7) is 3.11. The molecule has 0 saturated carbocycles. The number of amides is 1. The lowest BCUT2D eigenvalue weighted by atomic mass is 10.3. The van der Waals surface area contributed by atoms with Crippen molar-refractivity contribution in [3.63, 3.8) is 0 Å². The predicted octanol–water partition coefficient (Wildman–Crippen LogP) is 1.32. The number of nitrogens with one attached hydrogen (secondary N) is 1. The molecule has 1 aromatic heterocycles. The van der Waals surface area contributed by atoms with Gasteiger partial charge in [0.2, 0.25) is 5.91 Å². The molecule has 1 aromatic carbocycles. The SMILES string of the molecule is CC(=O)N(CCC[NH+](C)C)c1nc2c(F)cccc2s1. The summed E-state index contributed by atoms with van der Waals surface area (Å²) in [7, 11) is 4.15. The number of anilines is 1. The largest absolute Gasteiger partial charge is 0.340 e. The Balaban J connectivity index is 2.23. The maximum atomic E-state index is 13.7. The van der Waals surface area contributed by atoms with E-state index in [1.54, 1.807) is 11.0 Å². The maximum absolute atomic E-state index is 13.7. The van der Waals surface area contributed by atoms with E-state index in [-0.39, 0.29) is 11.7 Å². The van der Waals surface area contributed by atoms with Crippen LogP contribution in [-0.4, -0.2) is 38.1 Å². The molecule has 6 heteroatoms. The van der Waals surface area contributed by atoms with Gasteiger partial charge >= 0.3 is 0 Å². The summed E-state index contributed by atoms with van der Waals surface area (Å²) < 4.78 is 14.4. The van der Waals surface area contributed by atoms with Gasteiger partial charge in [0.05, 0.1) is 25.3 Å². The van der Waals surface area contributed by atoms with Crippen molar-refractivity contribution in [2.45, 2.75) is 13.3 Å². The second-order valence-electron chi connectivity index (χ2n) is 5.06. The topological polar surface area (TPSA) is 37.6 Å². The average Bonchev–Trinajstić information content (AvgIpc) is 2.78. The molecule has 1 heterocycles. The Kier molecular flexibility index (Phi) is 4.67. The molecule has 0 bridgehead atoms. The van der Waals surface area contributed by atoms with E-state index in [0.717, 1.165) is 17.7 Å². The molecule has 0 unspecified atom stereocenters. The van der Waals surface area contributed by atoms with Crippen LogP contribution in [0.5, 0.6) is 0 Å². The van der Waals surface area contributed by atoms with Crippen LogP contribution in [0.2, 0.25) is 0 Å². The minimum Gasteiger partial charge on any atom is -0.340 e.